The van der Waals surface area contributed by atoms with Crippen LogP contribution >= 0.6 is 0 Å². The van der Waals surface area contributed by atoms with Gasteiger partial charge in [-0.15, -0.1) is 5.10 Å². The Morgan fingerprint density at radius 2 is 2.14 bits per heavy atom. The van der Waals surface area contributed by atoms with Crippen molar-refractivity contribution in [2.75, 3.05) is 11.9 Å². The average molecular weight is 290 g/mol. The highest BCUT2D eigenvalue weighted by Crippen LogP contribution is 2.22. The maximum atomic E-state index is 5.78. The Kier molecular flexibility index (Phi) is 5.57. The van der Waals surface area contributed by atoms with Crippen molar-refractivity contribution >= 4 is 11.7 Å². The molecule has 6 heteroatoms. The van der Waals surface area contributed by atoms with Crippen LogP contribution in [0, 0.1) is 0 Å². The molecule has 0 aliphatic rings. The van der Waals surface area contributed by atoms with Gasteiger partial charge in [0.25, 0.3) is 0 Å². The first kappa shape index (κ1) is 15.3. The molecule has 0 amide bonds. The highest BCUT2D eigenvalue weighted by atomic mass is 16.5. The summed E-state index contributed by atoms with van der Waals surface area (Å²) in [4.78, 5) is 0. The molecular weight excluding hydrogens is 268 g/mol. The van der Waals surface area contributed by atoms with Crippen LogP contribution in [0.2, 0.25) is 0 Å². The summed E-state index contributed by atoms with van der Waals surface area (Å²) in [6, 6.07) is 8.08. The number of nitrogens with one attached hydrogen (secondary N) is 2. The lowest BCUT2D eigenvalue weighted by molar-refractivity contribution is 0.217. The van der Waals surface area contributed by atoms with Crippen LogP contribution in [0.25, 0.3) is 0 Å². The summed E-state index contributed by atoms with van der Waals surface area (Å²) in [6.07, 6.45) is 1.16. The molecule has 0 bridgehead atoms. The van der Waals surface area contributed by atoms with Crippen LogP contribution in [0.15, 0.2) is 28.7 Å². The maximum Gasteiger partial charge on any atom is 0.320 e. The molecule has 0 aliphatic carbocycles. The lowest BCUT2D eigenvalue weighted by Gasteiger charge is -2.13. The van der Waals surface area contributed by atoms with Crippen LogP contribution in [0.4, 0.5) is 11.7 Å². The molecule has 21 heavy (non-hydrogen) atoms. The molecule has 0 saturated carbocycles. The minimum atomic E-state index is 0.190. The molecule has 6 nitrogen and oxygen atoms in total. The van der Waals surface area contributed by atoms with Gasteiger partial charge in [-0.1, -0.05) is 25.0 Å². The zero-order valence-electron chi connectivity index (χ0n) is 12.7. The van der Waals surface area contributed by atoms with Gasteiger partial charge in [-0.3, -0.25) is 0 Å². The monoisotopic (exact) mass is 290 g/mol. The van der Waals surface area contributed by atoms with E-state index in [9.17, 15) is 0 Å². The standard InChI is InChI=1S/C15H22N4O2/c1-4-11(3)20-13-8-6-7-12(9-13)17-15-19-18-14(21-15)10-16-5-2/h6-9,11,16H,4-5,10H2,1-3H3,(H,17,19). The molecule has 0 aliphatic heterocycles. The molecule has 2 aromatic rings. The van der Waals surface area contributed by atoms with E-state index in [0.717, 1.165) is 24.4 Å². The van der Waals surface area contributed by atoms with Crippen LogP contribution in [-0.2, 0) is 6.54 Å². The molecular formula is C15H22N4O2. The molecule has 0 spiro atoms. The third-order valence-electron chi connectivity index (χ3n) is 2.99. The average Bonchev–Trinajstić information content (AvgIpc) is 2.93. The number of ether oxygens (including phenoxy) is 1. The van der Waals surface area contributed by atoms with Gasteiger partial charge in [0, 0.05) is 11.8 Å². The number of aromatic nitrogens is 2. The highest BCUT2D eigenvalue weighted by Gasteiger charge is 2.07. The fraction of sp³-hybridized carbons (Fsp3) is 0.467. The second kappa shape index (κ2) is 7.64. The van der Waals surface area contributed by atoms with Crippen LogP contribution in [0.5, 0.6) is 5.75 Å². The summed E-state index contributed by atoms with van der Waals surface area (Å²) in [5, 5.41) is 14.1. The zero-order chi connectivity index (χ0) is 15.1. The van der Waals surface area contributed by atoms with Crippen LogP contribution < -0.4 is 15.4 Å². The van der Waals surface area contributed by atoms with Crippen LogP contribution in [-0.4, -0.2) is 22.8 Å². The molecule has 1 atom stereocenters. The van der Waals surface area contributed by atoms with E-state index in [2.05, 4.69) is 27.8 Å². The first-order chi connectivity index (χ1) is 10.2. The van der Waals surface area contributed by atoms with Crippen LogP contribution in [0.1, 0.15) is 33.1 Å². The Labute approximate surface area is 124 Å². The largest absolute Gasteiger partial charge is 0.491 e. The predicted octanol–water partition coefficient (Wildman–Crippen LogP) is 3.10. The molecule has 0 fully saturated rings. The van der Waals surface area contributed by atoms with Crippen molar-refractivity contribution in [2.45, 2.75) is 39.8 Å². The predicted molar refractivity (Wildman–Crippen MR) is 81.8 cm³/mol. The molecule has 1 aromatic heterocycles. The van der Waals surface area contributed by atoms with Crippen molar-refractivity contribution < 1.29 is 9.15 Å². The first-order valence-corrected chi connectivity index (χ1v) is 7.28. The Morgan fingerprint density at radius 1 is 1.29 bits per heavy atom. The van der Waals surface area contributed by atoms with Crippen molar-refractivity contribution in [1.82, 2.24) is 15.5 Å². The zero-order valence-corrected chi connectivity index (χ0v) is 12.7. The van der Waals surface area contributed by atoms with Gasteiger partial charge in [-0.25, -0.2) is 0 Å². The maximum absolute atomic E-state index is 5.78. The number of hydrogen-bond acceptors (Lipinski definition) is 6. The fourth-order valence-electron chi connectivity index (χ4n) is 1.69. The molecule has 2 rings (SSSR count). The van der Waals surface area contributed by atoms with E-state index < -0.39 is 0 Å². The van der Waals surface area contributed by atoms with Gasteiger partial charge in [0.05, 0.1) is 12.6 Å². The van der Waals surface area contributed by atoms with Gasteiger partial charge in [0.1, 0.15) is 5.75 Å². The van der Waals surface area contributed by atoms with Crippen molar-refractivity contribution in [2.24, 2.45) is 0 Å². The minimum Gasteiger partial charge on any atom is -0.491 e. The Morgan fingerprint density at radius 3 is 2.90 bits per heavy atom. The Bertz CT molecular complexity index is 556. The van der Waals surface area contributed by atoms with Crippen molar-refractivity contribution in [3.63, 3.8) is 0 Å². The number of hydrogen-bond donors (Lipinski definition) is 2. The highest BCUT2D eigenvalue weighted by molar-refractivity contribution is 5.54. The number of rotatable bonds is 8. The molecule has 1 heterocycles. The number of nitrogens with zero attached hydrogens (tertiary/aromatic N) is 2. The molecule has 1 unspecified atom stereocenters. The van der Waals surface area contributed by atoms with Gasteiger partial charge in [0.15, 0.2) is 0 Å². The summed E-state index contributed by atoms with van der Waals surface area (Å²) in [7, 11) is 0. The third kappa shape index (κ3) is 4.75. The summed E-state index contributed by atoms with van der Waals surface area (Å²) >= 11 is 0. The van der Waals surface area contributed by atoms with E-state index in [1.807, 2.05) is 38.1 Å². The van der Waals surface area contributed by atoms with E-state index in [1.54, 1.807) is 0 Å². The molecule has 1 aromatic carbocycles. The van der Waals surface area contributed by atoms with Gasteiger partial charge in [-0.2, -0.15) is 0 Å². The number of benzene rings is 1. The van der Waals surface area contributed by atoms with E-state index in [1.165, 1.54) is 0 Å². The summed E-state index contributed by atoms with van der Waals surface area (Å²) in [5.74, 6) is 1.38. The van der Waals surface area contributed by atoms with Crippen molar-refractivity contribution in [1.29, 1.82) is 0 Å². The number of anilines is 2. The van der Waals surface area contributed by atoms with E-state index in [0.29, 0.717) is 18.5 Å². The second-order valence-corrected chi connectivity index (χ2v) is 4.77. The van der Waals surface area contributed by atoms with Gasteiger partial charge >= 0.3 is 6.01 Å². The van der Waals surface area contributed by atoms with Gasteiger partial charge in [-0.05, 0) is 32.0 Å². The van der Waals surface area contributed by atoms with Crippen molar-refractivity contribution in [3.05, 3.63) is 30.2 Å². The van der Waals surface area contributed by atoms with Gasteiger partial charge < -0.3 is 19.8 Å². The first-order valence-electron chi connectivity index (χ1n) is 7.28. The normalized spacial score (nSPS) is 12.1. The summed E-state index contributed by atoms with van der Waals surface area (Å²) < 4.78 is 11.3. The summed E-state index contributed by atoms with van der Waals surface area (Å²) in [5.41, 5.74) is 0.856. The molecule has 2 N–H and O–H groups in total. The lowest BCUT2D eigenvalue weighted by atomic mass is 10.3. The van der Waals surface area contributed by atoms with Crippen molar-refractivity contribution in [3.8, 4) is 5.75 Å². The Balaban J connectivity index is 1.99. The van der Waals surface area contributed by atoms with E-state index >= 15 is 0 Å². The smallest absolute Gasteiger partial charge is 0.320 e. The summed E-state index contributed by atoms with van der Waals surface area (Å²) in [6.45, 7) is 7.60. The molecule has 0 radical (unpaired) electrons. The SMILES string of the molecule is CCNCc1nnc(Nc2cccc(OC(C)CC)c2)o1. The van der Waals surface area contributed by atoms with Crippen LogP contribution in [0.3, 0.4) is 0 Å². The third-order valence-corrected chi connectivity index (χ3v) is 2.99. The fourth-order valence-corrected chi connectivity index (χ4v) is 1.69. The van der Waals surface area contributed by atoms with Gasteiger partial charge in [0.2, 0.25) is 5.89 Å². The lowest BCUT2D eigenvalue weighted by Crippen LogP contribution is -2.11. The molecule has 114 valence electrons. The van der Waals surface area contributed by atoms with E-state index in [4.69, 9.17) is 9.15 Å². The van der Waals surface area contributed by atoms with E-state index in [-0.39, 0.29) is 6.10 Å². The Hall–Kier alpha value is -2.08. The minimum absolute atomic E-state index is 0.190. The molecule has 0 saturated heterocycles. The topological polar surface area (TPSA) is 72.2 Å². The second-order valence-electron chi connectivity index (χ2n) is 4.77. The quantitative estimate of drug-likeness (QED) is 0.778.